The van der Waals surface area contributed by atoms with Gasteiger partial charge >= 0.3 is 0 Å². The normalized spacial score (nSPS) is 23.9. The smallest absolute Gasteiger partial charge is 0.243 e. The highest BCUT2D eigenvalue weighted by Gasteiger charge is 2.45. The minimum atomic E-state index is -3.71. The van der Waals surface area contributed by atoms with E-state index in [0.29, 0.717) is 13.2 Å². The van der Waals surface area contributed by atoms with Crippen LogP contribution in [-0.2, 0) is 24.2 Å². The number of ether oxygens (including phenoxy) is 3. The van der Waals surface area contributed by atoms with E-state index in [0.717, 1.165) is 11.1 Å². The Labute approximate surface area is 179 Å². The molecule has 3 atom stereocenters. The van der Waals surface area contributed by atoms with Crippen molar-refractivity contribution >= 4 is 10.0 Å². The number of sulfonamides is 1. The van der Waals surface area contributed by atoms with Gasteiger partial charge in [0.1, 0.15) is 12.2 Å². The minimum absolute atomic E-state index is 0.112. The fraction of sp³-hybridized carbons (Fsp3) is 0.478. The predicted molar refractivity (Wildman–Crippen MR) is 116 cm³/mol. The van der Waals surface area contributed by atoms with Crippen molar-refractivity contribution in [2.45, 2.75) is 50.6 Å². The van der Waals surface area contributed by atoms with Gasteiger partial charge in [-0.1, -0.05) is 48.0 Å². The number of rotatable bonds is 8. The van der Waals surface area contributed by atoms with Gasteiger partial charge in [-0.15, -0.1) is 0 Å². The van der Waals surface area contributed by atoms with Gasteiger partial charge in [-0.05, 0) is 45.4 Å². The molecule has 30 heavy (non-hydrogen) atoms. The molecule has 2 aromatic rings. The van der Waals surface area contributed by atoms with Crippen molar-refractivity contribution in [1.29, 1.82) is 0 Å². The Kier molecular flexibility index (Phi) is 7.31. The van der Waals surface area contributed by atoms with Crippen LogP contribution >= 0.6 is 0 Å². The van der Waals surface area contributed by atoms with Gasteiger partial charge < -0.3 is 14.2 Å². The SMILES string of the molecule is CCO[C@@H](c1ccccc1)[C@H]1CN(S(=O)(=O)c2ccc(C)cc2)C[C@](C)(OCC)O1. The molecule has 0 N–H and O–H groups in total. The molecule has 0 radical (unpaired) electrons. The van der Waals surface area contributed by atoms with Crippen LogP contribution in [0.2, 0.25) is 0 Å². The first kappa shape index (κ1) is 22.9. The molecule has 0 amide bonds. The lowest BCUT2D eigenvalue weighted by Gasteiger charge is -2.45. The Morgan fingerprint density at radius 3 is 2.37 bits per heavy atom. The molecule has 1 heterocycles. The molecule has 1 fully saturated rings. The summed E-state index contributed by atoms with van der Waals surface area (Å²) in [4.78, 5) is 0.264. The van der Waals surface area contributed by atoms with Crippen molar-refractivity contribution in [1.82, 2.24) is 4.31 Å². The summed E-state index contributed by atoms with van der Waals surface area (Å²) in [6, 6.07) is 16.6. The zero-order valence-corrected chi connectivity index (χ0v) is 18.9. The summed E-state index contributed by atoms with van der Waals surface area (Å²) in [5.74, 6) is -1.07. The largest absolute Gasteiger partial charge is 0.371 e. The highest BCUT2D eigenvalue weighted by molar-refractivity contribution is 7.89. The molecule has 0 spiro atoms. The molecule has 2 aromatic carbocycles. The first-order valence-corrected chi connectivity index (χ1v) is 11.8. The third-order valence-electron chi connectivity index (χ3n) is 5.17. The summed E-state index contributed by atoms with van der Waals surface area (Å²) in [7, 11) is -3.71. The lowest BCUT2D eigenvalue weighted by molar-refractivity contribution is -0.288. The van der Waals surface area contributed by atoms with E-state index < -0.39 is 28.0 Å². The van der Waals surface area contributed by atoms with E-state index in [1.807, 2.05) is 51.1 Å². The Morgan fingerprint density at radius 2 is 1.77 bits per heavy atom. The van der Waals surface area contributed by atoms with Crippen LogP contribution in [0.5, 0.6) is 0 Å². The molecule has 0 aliphatic carbocycles. The fourth-order valence-electron chi connectivity index (χ4n) is 3.81. The van der Waals surface area contributed by atoms with Crippen LogP contribution in [0.15, 0.2) is 59.5 Å². The van der Waals surface area contributed by atoms with Gasteiger partial charge in [0.25, 0.3) is 0 Å². The number of hydrogen-bond donors (Lipinski definition) is 0. The molecular formula is C23H31NO5S. The van der Waals surface area contributed by atoms with E-state index in [-0.39, 0.29) is 18.0 Å². The van der Waals surface area contributed by atoms with Crippen molar-refractivity contribution in [2.75, 3.05) is 26.3 Å². The van der Waals surface area contributed by atoms with Crippen LogP contribution in [0.4, 0.5) is 0 Å². The maximum atomic E-state index is 13.4. The van der Waals surface area contributed by atoms with Crippen LogP contribution in [0, 0.1) is 6.92 Å². The van der Waals surface area contributed by atoms with Gasteiger partial charge in [-0.25, -0.2) is 8.42 Å². The predicted octanol–water partition coefficient (Wildman–Crippen LogP) is 3.92. The van der Waals surface area contributed by atoms with Gasteiger partial charge in [0.15, 0.2) is 5.79 Å². The van der Waals surface area contributed by atoms with Crippen LogP contribution in [-0.4, -0.2) is 50.9 Å². The molecule has 6 nitrogen and oxygen atoms in total. The molecule has 0 unspecified atom stereocenters. The van der Waals surface area contributed by atoms with Gasteiger partial charge in [-0.2, -0.15) is 4.31 Å². The average molecular weight is 434 g/mol. The lowest BCUT2D eigenvalue weighted by atomic mass is 10.0. The van der Waals surface area contributed by atoms with E-state index in [2.05, 4.69) is 0 Å². The molecule has 3 rings (SSSR count). The van der Waals surface area contributed by atoms with E-state index in [1.54, 1.807) is 31.2 Å². The van der Waals surface area contributed by atoms with E-state index in [4.69, 9.17) is 14.2 Å². The second kappa shape index (κ2) is 9.58. The highest BCUT2D eigenvalue weighted by atomic mass is 32.2. The second-order valence-electron chi connectivity index (χ2n) is 7.62. The third kappa shape index (κ3) is 5.10. The summed E-state index contributed by atoms with van der Waals surface area (Å²) in [6.07, 6.45) is -0.926. The van der Waals surface area contributed by atoms with Crippen LogP contribution in [0.3, 0.4) is 0 Å². The van der Waals surface area contributed by atoms with Gasteiger partial charge in [0, 0.05) is 19.8 Å². The second-order valence-corrected chi connectivity index (χ2v) is 9.56. The number of aryl methyl sites for hydroxylation is 1. The molecule has 164 valence electrons. The Balaban J connectivity index is 1.97. The van der Waals surface area contributed by atoms with Crippen molar-refractivity contribution in [3.8, 4) is 0 Å². The Hall–Kier alpha value is -1.77. The molecule has 1 saturated heterocycles. The van der Waals surface area contributed by atoms with Gasteiger partial charge in [0.05, 0.1) is 11.4 Å². The fourth-order valence-corrected chi connectivity index (χ4v) is 5.33. The summed E-state index contributed by atoms with van der Waals surface area (Å²) >= 11 is 0. The average Bonchev–Trinajstić information content (AvgIpc) is 2.72. The molecule has 0 aromatic heterocycles. The zero-order chi connectivity index (χ0) is 21.8. The molecule has 1 aliphatic rings. The molecule has 0 saturated carbocycles. The number of morpholine rings is 1. The Morgan fingerprint density at radius 1 is 1.10 bits per heavy atom. The standard InChI is InChI=1S/C23H31NO5S/c1-5-27-22(19-10-8-7-9-11-19)21-16-24(17-23(4,29-21)28-6-2)30(25,26)20-14-12-18(3)13-15-20/h7-15,21-22H,5-6,16-17H2,1-4H3/t21-,22+,23-/m1/s1. The summed E-state index contributed by atoms with van der Waals surface area (Å²) in [5.41, 5.74) is 1.95. The van der Waals surface area contributed by atoms with E-state index >= 15 is 0 Å². The van der Waals surface area contributed by atoms with Crippen molar-refractivity contribution in [2.24, 2.45) is 0 Å². The van der Waals surface area contributed by atoms with Gasteiger partial charge in [0.2, 0.25) is 10.0 Å². The van der Waals surface area contributed by atoms with Crippen LogP contribution < -0.4 is 0 Å². The third-order valence-corrected chi connectivity index (χ3v) is 6.99. The number of hydrogen-bond acceptors (Lipinski definition) is 5. The molecule has 7 heteroatoms. The van der Waals surface area contributed by atoms with E-state index in [1.165, 1.54) is 4.31 Å². The first-order chi connectivity index (χ1) is 14.3. The van der Waals surface area contributed by atoms with Crippen molar-refractivity contribution in [3.05, 3.63) is 65.7 Å². The number of benzene rings is 2. The molecular weight excluding hydrogens is 402 g/mol. The molecule has 1 aliphatic heterocycles. The van der Waals surface area contributed by atoms with Crippen molar-refractivity contribution < 1.29 is 22.6 Å². The maximum absolute atomic E-state index is 13.4. The maximum Gasteiger partial charge on any atom is 0.243 e. The molecule has 0 bridgehead atoms. The lowest BCUT2D eigenvalue weighted by Crippen LogP contribution is -2.58. The van der Waals surface area contributed by atoms with E-state index in [9.17, 15) is 8.42 Å². The van der Waals surface area contributed by atoms with Crippen LogP contribution in [0.1, 0.15) is 38.0 Å². The van der Waals surface area contributed by atoms with Gasteiger partial charge in [-0.3, -0.25) is 0 Å². The summed E-state index contributed by atoms with van der Waals surface area (Å²) in [6.45, 7) is 8.69. The van der Waals surface area contributed by atoms with Crippen LogP contribution in [0.25, 0.3) is 0 Å². The quantitative estimate of drug-likeness (QED) is 0.631. The number of nitrogens with zero attached hydrogens (tertiary/aromatic N) is 1. The minimum Gasteiger partial charge on any atom is -0.371 e. The summed E-state index contributed by atoms with van der Waals surface area (Å²) in [5, 5.41) is 0. The van der Waals surface area contributed by atoms with Crippen molar-refractivity contribution in [3.63, 3.8) is 0 Å². The topological polar surface area (TPSA) is 65.1 Å². The Bertz CT molecular complexity index is 916. The summed E-state index contributed by atoms with van der Waals surface area (Å²) < 4.78 is 46.5. The zero-order valence-electron chi connectivity index (χ0n) is 18.1. The first-order valence-electron chi connectivity index (χ1n) is 10.3. The highest BCUT2D eigenvalue weighted by Crippen LogP contribution is 2.34. The monoisotopic (exact) mass is 433 g/mol.